The van der Waals surface area contributed by atoms with Crippen molar-refractivity contribution in [2.45, 2.75) is 32.0 Å². The Kier molecular flexibility index (Phi) is 4.33. The van der Waals surface area contributed by atoms with Gasteiger partial charge in [0.25, 0.3) is 5.91 Å². The van der Waals surface area contributed by atoms with Crippen molar-refractivity contribution >= 4 is 5.91 Å². The molecule has 1 amide bonds. The maximum atomic E-state index is 13.1. The van der Waals surface area contributed by atoms with Crippen LogP contribution in [-0.2, 0) is 13.1 Å². The van der Waals surface area contributed by atoms with Crippen LogP contribution in [0.2, 0.25) is 0 Å². The molecule has 0 spiro atoms. The van der Waals surface area contributed by atoms with Gasteiger partial charge in [0.15, 0.2) is 0 Å². The molecule has 4 rings (SSSR count). The molecular weight excluding hydrogens is 314 g/mol. The van der Waals surface area contributed by atoms with E-state index in [2.05, 4.69) is 10.1 Å². The van der Waals surface area contributed by atoms with Crippen molar-refractivity contribution in [2.24, 2.45) is 0 Å². The zero-order chi connectivity index (χ0) is 17.1. The summed E-state index contributed by atoms with van der Waals surface area (Å²) in [7, 11) is 0. The van der Waals surface area contributed by atoms with Crippen LogP contribution in [0.3, 0.4) is 0 Å². The summed E-state index contributed by atoms with van der Waals surface area (Å²) in [6.45, 7) is 2.24. The average Bonchev–Trinajstić information content (AvgIpc) is 3.38. The van der Waals surface area contributed by atoms with E-state index < -0.39 is 0 Å². The number of rotatable bonds is 5. The molecule has 1 atom stereocenters. The molecule has 3 aromatic heterocycles. The van der Waals surface area contributed by atoms with Crippen LogP contribution in [0.25, 0.3) is 0 Å². The molecule has 0 saturated carbocycles. The number of hydrogen-bond donors (Lipinski definition) is 0. The Hall–Kier alpha value is -2.89. The van der Waals surface area contributed by atoms with Gasteiger partial charge in [-0.25, -0.2) is 0 Å². The molecule has 3 aromatic rings. The van der Waals surface area contributed by atoms with E-state index in [0.29, 0.717) is 6.54 Å². The molecule has 0 aromatic carbocycles. The summed E-state index contributed by atoms with van der Waals surface area (Å²) in [5.74, 6) is 0.105. The second-order valence-corrected chi connectivity index (χ2v) is 6.40. The number of hydrogen-bond acceptors (Lipinski definition) is 3. The molecular formula is C19H21N5O. The summed E-state index contributed by atoms with van der Waals surface area (Å²) in [4.78, 5) is 19.2. The van der Waals surface area contributed by atoms with Crippen LogP contribution in [-0.4, -0.2) is 42.7 Å². The molecule has 4 heterocycles. The van der Waals surface area contributed by atoms with Crippen LogP contribution in [0.4, 0.5) is 0 Å². The first-order chi connectivity index (χ1) is 12.3. The molecule has 0 N–H and O–H groups in total. The average molecular weight is 335 g/mol. The Morgan fingerprint density at radius 2 is 2.00 bits per heavy atom. The van der Waals surface area contributed by atoms with Gasteiger partial charge < -0.3 is 9.47 Å². The van der Waals surface area contributed by atoms with Crippen molar-refractivity contribution < 1.29 is 4.79 Å². The van der Waals surface area contributed by atoms with E-state index in [1.807, 2.05) is 56.9 Å². The van der Waals surface area contributed by atoms with Crippen molar-refractivity contribution in [3.05, 3.63) is 72.6 Å². The van der Waals surface area contributed by atoms with E-state index >= 15 is 0 Å². The van der Waals surface area contributed by atoms with E-state index in [1.165, 1.54) is 0 Å². The van der Waals surface area contributed by atoms with Crippen molar-refractivity contribution in [3.8, 4) is 0 Å². The molecule has 1 aliphatic rings. The smallest absolute Gasteiger partial charge is 0.270 e. The Morgan fingerprint density at radius 1 is 1.12 bits per heavy atom. The standard InChI is InChI=1S/C19H21N5O/c25-19(24-13-1-4-17(24)15-23-12-3-8-21-23)18-5-2-11-22(18)14-16-6-9-20-10-7-16/h2-3,5-12,17H,1,4,13-15H2. The normalized spacial score (nSPS) is 17.1. The fraction of sp³-hybridized carbons (Fsp3) is 0.316. The predicted octanol–water partition coefficient (Wildman–Crippen LogP) is 2.43. The van der Waals surface area contributed by atoms with Gasteiger partial charge in [-0.3, -0.25) is 14.5 Å². The van der Waals surface area contributed by atoms with Crippen LogP contribution in [0.5, 0.6) is 0 Å². The minimum absolute atomic E-state index is 0.105. The third-order valence-electron chi connectivity index (χ3n) is 4.75. The molecule has 1 saturated heterocycles. The van der Waals surface area contributed by atoms with Crippen LogP contribution < -0.4 is 0 Å². The van der Waals surface area contributed by atoms with E-state index in [-0.39, 0.29) is 11.9 Å². The molecule has 0 bridgehead atoms. The third-order valence-corrected chi connectivity index (χ3v) is 4.75. The largest absolute Gasteiger partial charge is 0.339 e. The highest BCUT2D eigenvalue weighted by Crippen LogP contribution is 2.22. The first-order valence-electron chi connectivity index (χ1n) is 8.64. The number of likely N-dealkylation sites (tertiary alicyclic amines) is 1. The second kappa shape index (κ2) is 6.93. The first kappa shape index (κ1) is 15.6. The quantitative estimate of drug-likeness (QED) is 0.719. The topological polar surface area (TPSA) is 56.0 Å². The van der Waals surface area contributed by atoms with Crippen molar-refractivity contribution in [2.75, 3.05) is 6.54 Å². The van der Waals surface area contributed by atoms with Crippen LogP contribution >= 0.6 is 0 Å². The highest BCUT2D eigenvalue weighted by Gasteiger charge is 2.31. The summed E-state index contributed by atoms with van der Waals surface area (Å²) >= 11 is 0. The van der Waals surface area contributed by atoms with Gasteiger partial charge in [-0.05, 0) is 48.7 Å². The fourth-order valence-electron chi connectivity index (χ4n) is 3.50. The Labute approximate surface area is 146 Å². The number of amides is 1. The van der Waals surface area contributed by atoms with Gasteiger partial charge in [-0.1, -0.05) is 0 Å². The number of nitrogens with zero attached hydrogens (tertiary/aromatic N) is 5. The van der Waals surface area contributed by atoms with Gasteiger partial charge in [-0.15, -0.1) is 0 Å². The highest BCUT2D eigenvalue weighted by atomic mass is 16.2. The SMILES string of the molecule is O=C(c1cccn1Cc1ccncc1)N1CCCC1Cn1cccn1. The lowest BCUT2D eigenvalue weighted by atomic mass is 10.2. The number of carbonyl (C=O) groups excluding carboxylic acids is 1. The van der Waals surface area contributed by atoms with Gasteiger partial charge >= 0.3 is 0 Å². The third kappa shape index (κ3) is 3.33. The summed E-state index contributed by atoms with van der Waals surface area (Å²) in [6, 6.07) is 9.92. The van der Waals surface area contributed by atoms with Gasteiger partial charge in [-0.2, -0.15) is 5.10 Å². The molecule has 0 aliphatic carbocycles. The number of pyridine rings is 1. The maximum absolute atomic E-state index is 13.1. The lowest BCUT2D eigenvalue weighted by Crippen LogP contribution is -2.39. The number of aromatic nitrogens is 4. The van der Waals surface area contributed by atoms with Crippen LogP contribution in [0.1, 0.15) is 28.9 Å². The number of carbonyl (C=O) groups is 1. The van der Waals surface area contributed by atoms with Crippen molar-refractivity contribution in [1.29, 1.82) is 0 Å². The molecule has 0 radical (unpaired) electrons. The van der Waals surface area contributed by atoms with Crippen molar-refractivity contribution in [3.63, 3.8) is 0 Å². The minimum atomic E-state index is 0.105. The van der Waals surface area contributed by atoms with Crippen molar-refractivity contribution in [1.82, 2.24) is 24.2 Å². The Morgan fingerprint density at radius 3 is 2.80 bits per heavy atom. The molecule has 6 nitrogen and oxygen atoms in total. The monoisotopic (exact) mass is 335 g/mol. The lowest BCUT2D eigenvalue weighted by molar-refractivity contribution is 0.0711. The van der Waals surface area contributed by atoms with Crippen LogP contribution in [0.15, 0.2) is 61.3 Å². The second-order valence-electron chi connectivity index (χ2n) is 6.40. The first-order valence-corrected chi connectivity index (χ1v) is 8.64. The highest BCUT2D eigenvalue weighted by molar-refractivity contribution is 5.93. The Balaban J connectivity index is 1.51. The maximum Gasteiger partial charge on any atom is 0.270 e. The predicted molar refractivity (Wildman–Crippen MR) is 94.1 cm³/mol. The zero-order valence-corrected chi connectivity index (χ0v) is 14.0. The van der Waals surface area contributed by atoms with E-state index in [4.69, 9.17) is 0 Å². The Bertz CT molecular complexity index is 825. The minimum Gasteiger partial charge on any atom is -0.339 e. The van der Waals surface area contributed by atoms with Gasteiger partial charge in [0, 0.05) is 44.1 Å². The van der Waals surface area contributed by atoms with Gasteiger partial charge in [0.2, 0.25) is 0 Å². The van der Waals surface area contributed by atoms with E-state index in [9.17, 15) is 4.79 Å². The summed E-state index contributed by atoms with van der Waals surface area (Å²) < 4.78 is 3.92. The van der Waals surface area contributed by atoms with Crippen LogP contribution in [0, 0.1) is 0 Å². The molecule has 1 unspecified atom stereocenters. The van der Waals surface area contributed by atoms with E-state index in [0.717, 1.165) is 37.2 Å². The molecule has 6 heteroatoms. The molecule has 128 valence electrons. The fourth-order valence-corrected chi connectivity index (χ4v) is 3.50. The summed E-state index contributed by atoms with van der Waals surface area (Å²) in [5.41, 5.74) is 1.87. The summed E-state index contributed by atoms with van der Waals surface area (Å²) in [5, 5.41) is 4.28. The van der Waals surface area contributed by atoms with Gasteiger partial charge in [0.1, 0.15) is 5.69 Å². The summed E-state index contributed by atoms with van der Waals surface area (Å²) in [6.07, 6.45) is 11.3. The van der Waals surface area contributed by atoms with Gasteiger partial charge in [0.05, 0.1) is 12.6 Å². The molecule has 1 aliphatic heterocycles. The lowest BCUT2D eigenvalue weighted by Gasteiger charge is -2.25. The van der Waals surface area contributed by atoms with E-state index in [1.54, 1.807) is 18.6 Å². The molecule has 25 heavy (non-hydrogen) atoms. The molecule has 1 fully saturated rings. The zero-order valence-electron chi connectivity index (χ0n) is 14.0.